The predicted molar refractivity (Wildman–Crippen MR) is 424 cm³/mol. The maximum absolute atomic E-state index is 13.9. The van der Waals surface area contributed by atoms with Crippen molar-refractivity contribution in [1.82, 2.24) is 14.7 Å². The molecule has 3 unspecified atom stereocenters. The average molecular weight is 1580 g/mol. The fraction of sp³-hybridized carbons (Fsp3) is 0.593. The van der Waals surface area contributed by atoms with Crippen LogP contribution in [0.15, 0.2) is 28.7 Å². The van der Waals surface area contributed by atoms with Crippen LogP contribution in [0.4, 0.5) is 17.1 Å². The summed E-state index contributed by atoms with van der Waals surface area (Å²) in [4.78, 5) is 126. The van der Waals surface area contributed by atoms with Gasteiger partial charge in [-0.2, -0.15) is 0 Å². The molecule has 0 aromatic carbocycles. The number of hydrogen-bond acceptors (Lipinski definition) is 17. The molecular formula is C81H107BrN6O13S4. The Labute approximate surface area is 647 Å². The van der Waals surface area contributed by atoms with Crippen LogP contribution in [-0.4, -0.2) is 153 Å². The molecule has 3 atom stereocenters. The third-order valence-electron chi connectivity index (χ3n) is 18.1. The molecule has 5 amide bonds. The lowest BCUT2D eigenvalue weighted by molar-refractivity contribution is -0.134. The summed E-state index contributed by atoms with van der Waals surface area (Å²) in [6.45, 7) is 30.6. The zero-order valence-electron chi connectivity index (χ0n) is 65.0. The van der Waals surface area contributed by atoms with Gasteiger partial charge >= 0.3 is 23.9 Å². The number of rotatable bonds is 12. The van der Waals surface area contributed by atoms with Crippen LogP contribution in [-0.2, 0) is 38.2 Å². The molecule has 2 N–H and O–H groups in total. The number of likely N-dealkylation sites (tertiary alicyclic amines) is 3. The van der Waals surface area contributed by atoms with Crippen molar-refractivity contribution in [3.63, 3.8) is 0 Å². The Hall–Kier alpha value is -7.45. The molecule has 2 aliphatic carbocycles. The molecule has 0 spiro atoms. The first kappa shape index (κ1) is 86.5. The summed E-state index contributed by atoms with van der Waals surface area (Å²) < 4.78 is 15.3. The zero-order chi connectivity index (χ0) is 78.2. The molecule has 7 heterocycles. The number of anilines is 3. The molecule has 5 aliphatic rings. The number of carbonyl (C=O) groups excluding carboxylic acids is 8. The van der Waals surface area contributed by atoms with Crippen molar-refractivity contribution >= 4 is 132 Å². The predicted octanol–water partition coefficient (Wildman–Crippen LogP) is 16.0. The highest BCUT2D eigenvalue weighted by atomic mass is 79.9. The Morgan fingerprint density at radius 1 is 0.467 bits per heavy atom. The lowest BCUT2D eigenvalue weighted by Crippen LogP contribution is -2.51. The first-order chi connectivity index (χ1) is 49.0. The van der Waals surface area contributed by atoms with Gasteiger partial charge in [0, 0.05) is 116 Å². The third-order valence-corrected chi connectivity index (χ3v) is 23.1. The number of carboxylic acid groups (broad SMARTS) is 1. The van der Waals surface area contributed by atoms with Gasteiger partial charge in [-0.05, 0) is 206 Å². The van der Waals surface area contributed by atoms with E-state index in [1.54, 1.807) is 44.7 Å². The normalized spacial score (nSPS) is 20.4. The molecule has 9 rings (SSSR count). The Bertz CT molecular complexity index is 4070. The number of nitrogens with zero attached hydrogens (tertiary/aromatic N) is 5. The molecule has 4 aromatic rings. The van der Waals surface area contributed by atoms with Crippen molar-refractivity contribution in [3.05, 3.63) is 67.8 Å². The molecule has 105 heavy (non-hydrogen) atoms. The Morgan fingerprint density at radius 3 is 1.16 bits per heavy atom. The van der Waals surface area contributed by atoms with Crippen molar-refractivity contribution in [3.8, 4) is 47.4 Å². The number of hydrogen-bond donors (Lipinski definition) is 2. The van der Waals surface area contributed by atoms with Gasteiger partial charge in [0.25, 0.3) is 0 Å². The standard InChI is InChI=1S/C26H36N2O4S.C25H34N2O4S.C18H24N2O3S.C12H13BrO2S/c1-17-7-9-18(10-8-17)24(30)28(19-12-14-27(5)22(29)15-19)21-16-20(11-13-26(2,3)4)33-23(21)25(31)32-6;1-16-6-8-17(9-7-16)23(29)27(18-11-13-26(5)21(28)14-18)20-15-19(10-12-25(2,3)4)32-22(20)24(30)31;1-18(2,3)8-6-13-11-14(16(24-13)17(22)23-5)19-12-7-9-20(4)15(21)10-12;1-12(2,3)6-5-8-7-9(13)10(16-8)11(14)15-4/h16-19H,7-10,12,14-15H2,1-6H3;15-18H,6-9,11,13-14H2,1-5H3,(H,30,31);11-12,19H,7,9-10H2,1-5H3;7H,1-4H3. The number of esters is 3. The largest absolute Gasteiger partial charge is 0.477 e. The zero-order valence-corrected chi connectivity index (χ0v) is 69.8. The number of piperidine rings is 3. The SMILES string of the molecule is CC1CCC(C(=O)N(c2cc(C#CC(C)(C)C)sc2C(=O)O)C2CCN(C)C(=O)C2)CC1.COC(=O)c1sc(C#CC(C)(C)C)cc1Br.COC(=O)c1sc(C#CC(C)(C)C)cc1N(C(=O)C1CCC(C)CC1)C1CCN(C)C(=O)C1.COC(=O)c1sc(C#CC(C)(C)C)cc1NC1CCN(C)C(=O)C1. The highest BCUT2D eigenvalue weighted by Crippen LogP contribution is 2.41. The lowest BCUT2D eigenvalue weighted by Gasteiger charge is -2.39. The van der Waals surface area contributed by atoms with Gasteiger partial charge in [-0.3, -0.25) is 24.0 Å². The topological polar surface area (TPSA) is 230 Å². The molecular weight excluding hydrogens is 1470 g/mol. The van der Waals surface area contributed by atoms with Gasteiger partial charge in [-0.25, -0.2) is 19.2 Å². The Morgan fingerprint density at radius 2 is 0.790 bits per heavy atom. The number of carboxylic acids is 1. The second kappa shape index (κ2) is 37.9. The van der Waals surface area contributed by atoms with E-state index < -0.39 is 11.9 Å². The van der Waals surface area contributed by atoms with E-state index in [0.717, 1.165) is 88.2 Å². The first-order valence-corrected chi connectivity index (χ1v) is 40.0. The molecule has 4 aromatic heterocycles. The minimum Gasteiger partial charge on any atom is -0.477 e. The number of ether oxygens (including phenoxy) is 3. The van der Waals surface area contributed by atoms with E-state index in [2.05, 4.69) is 87.2 Å². The van der Waals surface area contributed by atoms with Crippen LogP contribution in [0.2, 0.25) is 0 Å². The van der Waals surface area contributed by atoms with Crippen molar-refractivity contribution in [1.29, 1.82) is 0 Å². The quantitative estimate of drug-likeness (QED) is 0.0764. The summed E-state index contributed by atoms with van der Waals surface area (Å²) in [5.74, 6) is 23.9. The van der Waals surface area contributed by atoms with Gasteiger partial charge in [0.05, 0.1) is 57.9 Å². The van der Waals surface area contributed by atoms with Crippen molar-refractivity contribution in [2.45, 2.75) is 205 Å². The molecule has 0 bridgehead atoms. The van der Waals surface area contributed by atoms with E-state index >= 15 is 0 Å². The number of amides is 5. The van der Waals surface area contributed by atoms with Crippen LogP contribution < -0.4 is 15.1 Å². The van der Waals surface area contributed by atoms with Gasteiger partial charge in [0.15, 0.2) is 0 Å². The molecule has 19 nitrogen and oxygen atoms in total. The van der Waals surface area contributed by atoms with Crippen molar-refractivity contribution in [2.24, 2.45) is 45.3 Å². The number of nitrogens with one attached hydrogen (secondary N) is 1. The molecule has 2 saturated carbocycles. The molecule has 3 saturated heterocycles. The number of halogens is 1. The fourth-order valence-electron chi connectivity index (χ4n) is 12.1. The Kier molecular flexibility index (Phi) is 31.2. The van der Waals surface area contributed by atoms with E-state index in [9.17, 15) is 48.3 Å². The van der Waals surface area contributed by atoms with Crippen LogP contribution in [0.5, 0.6) is 0 Å². The van der Waals surface area contributed by atoms with E-state index in [0.29, 0.717) is 87.3 Å². The van der Waals surface area contributed by atoms with E-state index in [-0.39, 0.29) is 111 Å². The second-order valence-electron chi connectivity index (χ2n) is 32.0. The summed E-state index contributed by atoms with van der Waals surface area (Å²) in [6, 6.07) is 6.70. The maximum Gasteiger partial charge on any atom is 0.350 e. The molecule has 0 radical (unpaired) electrons. The summed E-state index contributed by atoms with van der Waals surface area (Å²) in [7, 11) is 9.45. The first-order valence-electron chi connectivity index (χ1n) is 35.9. The van der Waals surface area contributed by atoms with Crippen molar-refractivity contribution in [2.75, 3.05) is 77.2 Å². The highest BCUT2D eigenvalue weighted by Gasteiger charge is 2.41. The highest BCUT2D eigenvalue weighted by molar-refractivity contribution is 9.10. The number of methoxy groups -OCH3 is 3. The van der Waals surface area contributed by atoms with Crippen LogP contribution >= 0.6 is 61.3 Å². The summed E-state index contributed by atoms with van der Waals surface area (Å²) in [5, 5.41) is 13.3. The minimum absolute atomic E-state index is 0.0162. The van der Waals surface area contributed by atoms with Crippen molar-refractivity contribution < 1.29 is 62.5 Å². The van der Waals surface area contributed by atoms with E-state index in [4.69, 9.17) is 9.47 Å². The monoisotopic (exact) mass is 1580 g/mol. The van der Waals surface area contributed by atoms with Gasteiger partial charge in [-0.1, -0.05) is 61.2 Å². The number of carbonyl (C=O) groups is 9. The van der Waals surface area contributed by atoms with Crippen LogP contribution in [0.1, 0.15) is 245 Å². The smallest absolute Gasteiger partial charge is 0.350 e. The number of thiophene rings is 4. The minimum atomic E-state index is -1.07. The van der Waals surface area contributed by atoms with E-state index in [1.807, 2.05) is 108 Å². The summed E-state index contributed by atoms with van der Waals surface area (Å²) in [6.07, 6.45) is 10.4. The molecule has 5 fully saturated rings. The van der Waals surface area contributed by atoms with Crippen LogP contribution in [0.3, 0.4) is 0 Å². The maximum atomic E-state index is 13.9. The van der Waals surface area contributed by atoms with Gasteiger partial charge in [0.1, 0.15) is 19.5 Å². The summed E-state index contributed by atoms with van der Waals surface area (Å²) >= 11 is 8.33. The second-order valence-corrected chi connectivity index (χ2v) is 37.0. The average Bonchev–Trinajstić information content (AvgIpc) is 1.71. The Balaban J connectivity index is 0.000000226. The van der Waals surface area contributed by atoms with Gasteiger partial charge in [0.2, 0.25) is 29.5 Å². The number of aromatic carboxylic acids is 1. The van der Waals surface area contributed by atoms with Crippen LogP contribution in [0.25, 0.3) is 0 Å². The summed E-state index contributed by atoms with van der Waals surface area (Å²) in [5.41, 5.74) is 1.08. The van der Waals surface area contributed by atoms with Gasteiger partial charge < -0.3 is 49.1 Å². The molecule has 3 aliphatic heterocycles. The van der Waals surface area contributed by atoms with Gasteiger partial charge in [-0.15, -0.1) is 45.3 Å². The van der Waals surface area contributed by atoms with E-state index in [1.165, 1.54) is 55.3 Å². The fourth-order valence-corrected chi connectivity index (χ4v) is 16.3. The lowest BCUT2D eigenvalue weighted by atomic mass is 9.82. The third kappa shape index (κ3) is 26.2. The van der Waals surface area contributed by atoms with Crippen LogP contribution in [0, 0.1) is 92.7 Å². The molecule has 24 heteroatoms. The molecule has 570 valence electrons.